The van der Waals surface area contributed by atoms with Gasteiger partial charge in [-0.3, -0.25) is 4.79 Å². The summed E-state index contributed by atoms with van der Waals surface area (Å²) in [6, 6.07) is 7.40. The van der Waals surface area contributed by atoms with Crippen LogP contribution in [0.4, 0.5) is 0 Å². The Morgan fingerprint density at radius 1 is 1.33 bits per heavy atom. The van der Waals surface area contributed by atoms with E-state index in [1.807, 2.05) is 0 Å². The van der Waals surface area contributed by atoms with E-state index in [4.69, 9.17) is 10.3 Å². The molecule has 0 heterocycles. The van der Waals surface area contributed by atoms with Gasteiger partial charge in [0.1, 0.15) is 0 Å². The van der Waals surface area contributed by atoms with Gasteiger partial charge < -0.3 is 10.3 Å². The van der Waals surface area contributed by atoms with Crippen molar-refractivity contribution in [3.63, 3.8) is 0 Å². The molecule has 0 aromatic heterocycles. The quantitative estimate of drug-likeness (QED) is 0.582. The third kappa shape index (κ3) is 1.81. The van der Waals surface area contributed by atoms with Crippen LogP contribution in [0.25, 0.3) is 0 Å². The second kappa shape index (κ2) is 3.85. The topological polar surface area (TPSA) is 69.6 Å². The molecular formula is C8H9NO3. The maximum absolute atomic E-state index is 10.5. The van der Waals surface area contributed by atoms with E-state index in [1.165, 1.54) is 0 Å². The van der Waals surface area contributed by atoms with E-state index in [-0.39, 0.29) is 0 Å². The number of aliphatic carboxylic acids is 1. The molecule has 1 rings (SSSR count). The third-order valence-corrected chi connectivity index (χ3v) is 1.51. The fraction of sp³-hybridized carbons (Fsp3) is 0.125. The number of rotatable bonds is 3. The number of hydroxylamine groups is 1. The second-order valence-electron chi connectivity index (χ2n) is 2.31. The lowest BCUT2D eigenvalue weighted by Crippen LogP contribution is -2.25. The number of nitrogens with one attached hydrogen (secondary N) is 1. The predicted molar refractivity (Wildman–Crippen MR) is 41.7 cm³/mol. The van der Waals surface area contributed by atoms with Crippen molar-refractivity contribution in [3.05, 3.63) is 35.9 Å². The minimum Gasteiger partial charge on any atom is -0.480 e. The minimum absolute atomic E-state index is 0.521. The lowest BCUT2D eigenvalue weighted by atomic mass is 10.1. The van der Waals surface area contributed by atoms with Crippen LogP contribution in [0.3, 0.4) is 0 Å². The van der Waals surface area contributed by atoms with Crippen molar-refractivity contribution in [2.24, 2.45) is 0 Å². The maximum Gasteiger partial charge on any atom is 0.327 e. The zero-order chi connectivity index (χ0) is 8.97. The molecule has 4 nitrogen and oxygen atoms in total. The smallest absolute Gasteiger partial charge is 0.327 e. The average Bonchev–Trinajstić information content (AvgIpc) is 2.07. The van der Waals surface area contributed by atoms with Crippen LogP contribution in [-0.2, 0) is 4.79 Å². The molecule has 0 radical (unpaired) electrons. The summed E-state index contributed by atoms with van der Waals surface area (Å²) in [6.45, 7) is 0. The number of hydrogen-bond acceptors (Lipinski definition) is 3. The molecule has 0 saturated carbocycles. The fourth-order valence-corrected chi connectivity index (χ4v) is 0.918. The van der Waals surface area contributed by atoms with E-state index in [1.54, 1.807) is 35.8 Å². The van der Waals surface area contributed by atoms with Crippen LogP contribution in [0, 0.1) is 0 Å². The fourth-order valence-electron chi connectivity index (χ4n) is 0.918. The molecule has 0 bridgehead atoms. The lowest BCUT2D eigenvalue weighted by Gasteiger charge is -2.08. The van der Waals surface area contributed by atoms with Gasteiger partial charge in [-0.05, 0) is 5.56 Å². The highest BCUT2D eigenvalue weighted by molar-refractivity contribution is 5.75. The Morgan fingerprint density at radius 2 is 1.92 bits per heavy atom. The first-order valence-electron chi connectivity index (χ1n) is 3.43. The van der Waals surface area contributed by atoms with Gasteiger partial charge in [0.25, 0.3) is 0 Å². The number of carbonyl (C=O) groups is 1. The molecule has 1 aromatic rings. The SMILES string of the molecule is O=C(O)C(NO)c1ccccc1. The first kappa shape index (κ1) is 8.70. The van der Waals surface area contributed by atoms with Crippen molar-refractivity contribution in [3.8, 4) is 0 Å². The van der Waals surface area contributed by atoms with E-state index in [9.17, 15) is 4.79 Å². The van der Waals surface area contributed by atoms with Gasteiger partial charge in [-0.2, -0.15) is 5.48 Å². The van der Waals surface area contributed by atoms with Gasteiger partial charge in [-0.25, -0.2) is 0 Å². The van der Waals surface area contributed by atoms with Crippen LogP contribution < -0.4 is 5.48 Å². The minimum atomic E-state index is -1.11. The van der Waals surface area contributed by atoms with Gasteiger partial charge in [-0.15, -0.1) is 0 Å². The summed E-state index contributed by atoms with van der Waals surface area (Å²) in [5.41, 5.74) is 2.24. The Labute approximate surface area is 69.4 Å². The van der Waals surface area contributed by atoms with E-state index in [0.29, 0.717) is 5.56 Å². The average molecular weight is 167 g/mol. The molecule has 64 valence electrons. The van der Waals surface area contributed by atoms with E-state index >= 15 is 0 Å². The number of carboxylic acids is 1. The molecule has 0 fully saturated rings. The van der Waals surface area contributed by atoms with Crippen molar-refractivity contribution in [2.75, 3.05) is 0 Å². The molecule has 1 aromatic carbocycles. The maximum atomic E-state index is 10.5. The zero-order valence-electron chi connectivity index (χ0n) is 6.27. The van der Waals surface area contributed by atoms with Crippen LogP contribution in [0.5, 0.6) is 0 Å². The highest BCUT2D eigenvalue weighted by Gasteiger charge is 2.17. The summed E-state index contributed by atoms with van der Waals surface area (Å²) in [6.07, 6.45) is 0. The molecule has 1 atom stereocenters. The highest BCUT2D eigenvalue weighted by Crippen LogP contribution is 2.10. The molecule has 12 heavy (non-hydrogen) atoms. The Kier molecular flexibility index (Phi) is 2.79. The van der Waals surface area contributed by atoms with Crippen molar-refractivity contribution >= 4 is 5.97 Å². The molecule has 0 amide bonds. The van der Waals surface area contributed by atoms with Gasteiger partial charge in [0.05, 0.1) is 0 Å². The number of benzene rings is 1. The molecule has 0 saturated heterocycles. The number of carboxylic acid groups (broad SMARTS) is 1. The molecule has 3 N–H and O–H groups in total. The first-order valence-corrected chi connectivity index (χ1v) is 3.43. The Balaban J connectivity index is 2.88. The molecule has 0 aliphatic rings. The van der Waals surface area contributed by atoms with Crippen molar-refractivity contribution in [2.45, 2.75) is 6.04 Å². The van der Waals surface area contributed by atoms with Crippen LogP contribution in [-0.4, -0.2) is 16.3 Å². The van der Waals surface area contributed by atoms with Crippen LogP contribution in [0.2, 0.25) is 0 Å². The standard InChI is InChI=1S/C8H9NO3/c10-8(11)7(9-12)6-4-2-1-3-5-6/h1-5,7,9,12H,(H,10,11). The summed E-state index contributed by atoms with van der Waals surface area (Å²) >= 11 is 0. The first-order chi connectivity index (χ1) is 5.75. The third-order valence-electron chi connectivity index (χ3n) is 1.51. The van der Waals surface area contributed by atoms with E-state index in [0.717, 1.165) is 0 Å². The van der Waals surface area contributed by atoms with Crippen LogP contribution >= 0.6 is 0 Å². The molecule has 0 spiro atoms. The summed E-state index contributed by atoms with van der Waals surface area (Å²) < 4.78 is 0. The summed E-state index contributed by atoms with van der Waals surface area (Å²) in [7, 11) is 0. The zero-order valence-corrected chi connectivity index (χ0v) is 6.27. The molecule has 4 heteroatoms. The lowest BCUT2D eigenvalue weighted by molar-refractivity contribution is -0.142. The summed E-state index contributed by atoms with van der Waals surface area (Å²) in [4.78, 5) is 10.5. The molecular weight excluding hydrogens is 158 g/mol. The Hall–Kier alpha value is -1.39. The molecule has 0 aliphatic heterocycles. The van der Waals surface area contributed by atoms with Gasteiger partial charge in [0.15, 0.2) is 6.04 Å². The van der Waals surface area contributed by atoms with Crippen LogP contribution in [0.1, 0.15) is 11.6 Å². The van der Waals surface area contributed by atoms with Crippen molar-refractivity contribution < 1.29 is 15.1 Å². The van der Waals surface area contributed by atoms with Gasteiger partial charge in [0, 0.05) is 0 Å². The Bertz CT molecular complexity index is 260. The van der Waals surface area contributed by atoms with Gasteiger partial charge in [0.2, 0.25) is 0 Å². The summed E-state index contributed by atoms with van der Waals surface area (Å²) in [5.74, 6) is -1.11. The largest absolute Gasteiger partial charge is 0.480 e. The highest BCUT2D eigenvalue weighted by atomic mass is 16.5. The molecule has 1 unspecified atom stereocenters. The number of hydrogen-bond donors (Lipinski definition) is 3. The monoisotopic (exact) mass is 167 g/mol. The Morgan fingerprint density at radius 3 is 2.33 bits per heavy atom. The summed E-state index contributed by atoms with van der Waals surface area (Å²) in [5, 5.41) is 17.1. The van der Waals surface area contributed by atoms with Crippen molar-refractivity contribution in [1.82, 2.24) is 5.48 Å². The molecule has 0 aliphatic carbocycles. The van der Waals surface area contributed by atoms with E-state index in [2.05, 4.69) is 0 Å². The van der Waals surface area contributed by atoms with E-state index < -0.39 is 12.0 Å². The van der Waals surface area contributed by atoms with Crippen molar-refractivity contribution in [1.29, 1.82) is 0 Å². The predicted octanol–water partition coefficient (Wildman–Crippen LogP) is 0.791. The van der Waals surface area contributed by atoms with Gasteiger partial charge in [-0.1, -0.05) is 30.3 Å². The second-order valence-corrected chi connectivity index (χ2v) is 2.31. The van der Waals surface area contributed by atoms with Crippen LogP contribution in [0.15, 0.2) is 30.3 Å². The normalized spacial score (nSPS) is 12.4. The van der Waals surface area contributed by atoms with Gasteiger partial charge >= 0.3 is 5.97 Å².